The molecule has 106 valence electrons. The van der Waals surface area contributed by atoms with Crippen molar-refractivity contribution < 1.29 is 4.79 Å². The molecule has 0 N–H and O–H groups in total. The fourth-order valence-electron chi connectivity index (χ4n) is 2.06. The van der Waals surface area contributed by atoms with E-state index in [4.69, 9.17) is 0 Å². The van der Waals surface area contributed by atoms with E-state index in [1.54, 1.807) is 11.3 Å². The third kappa shape index (κ3) is 3.08. The molecule has 0 fully saturated rings. The van der Waals surface area contributed by atoms with Gasteiger partial charge in [0.15, 0.2) is 5.78 Å². The highest BCUT2D eigenvalue weighted by atomic mass is 32.1. The van der Waals surface area contributed by atoms with Crippen molar-refractivity contribution >= 4 is 17.1 Å². The molecule has 0 amide bonds. The van der Waals surface area contributed by atoms with E-state index < -0.39 is 0 Å². The first-order chi connectivity index (χ1) is 10.3. The van der Waals surface area contributed by atoms with Gasteiger partial charge in [-0.3, -0.25) is 9.48 Å². The smallest absolute Gasteiger partial charge is 0.168 e. The van der Waals surface area contributed by atoms with Gasteiger partial charge in [0, 0.05) is 29.2 Å². The highest BCUT2D eigenvalue weighted by molar-refractivity contribution is 7.13. The van der Waals surface area contributed by atoms with Crippen LogP contribution in [0.25, 0.3) is 10.6 Å². The Balaban J connectivity index is 1.75. The fourth-order valence-corrected chi connectivity index (χ4v) is 2.85. The number of aromatic nitrogens is 3. The van der Waals surface area contributed by atoms with Gasteiger partial charge >= 0.3 is 0 Å². The lowest BCUT2D eigenvalue weighted by atomic mass is 10.1. The van der Waals surface area contributed by atoms with E-state index in [1.165, 1.54) is 0 Å². The van der Waals surface area contributed by atoms with Gasteiger partial charge in [0.2, 0.25) is 0 Å². The number of nitrogens with zero attached hydrogens (tertiary/aromatic N) is 3. The second-order valence-electron chi connectivity index (χ2n) is 4.69. The van der Waals surface area contributed by atoms with Crippen LogP contribution in [0.4, 0.5) is 0 Å². The van der Waals surface area contributed by atoms with Gasteiger partial charge in [-0.25, -0.2) is 4.98 Å². The maximum absolute atomic E-state index is 12.2. The summed E-state index contributed by atoms with van der Waals surface area (Å²) in [5.74, 6) is 0.0942. The van der Waals surface area contributed by atoms with Gasteiger partial charge in [0.05, 0.1) is 18.3 Å². The van der Waals surface area contributed by atoms with E-state index in [-0.39, 0.29) is 5.78 Å². The molecule has 2 heterocycles. The highest BCUT2D eigenvalue weighted by Crippen LogP contribution is 2.23. The summed E-state index contributed by atoms with van der Waals surface area (Å²) in [6.07, 6.45) is 4.12. The van der Waals surface area contributed by atoms with E-state index in [0.29, 0.717) is 6.42 Å². The summed E-state index contributed by atoms with van der Waals surface area (Å²) in [7, 11) is 0. The molecule has 0 saturated heterocycles. The Morgan fingerprint density at radius 1 is 1.29 bits per heavy atom. The number of thiazole rings is 1. The molecule has 21 heavy (non-hydrogen) atoms. The Kier molecular flexibility index (Phi) is 3.92. The van der Waals surface area contributed by atoms with Crippen LogP contribution in [0, 0.1) is 0 Å². The lowest BCUT2D eigenvalue weighted by molar-refractivity contribution is 0.0992. The van der Waals surface area contributed by atoms with Crippen LogP contribution in [0.5, 0.6) is 0 Å². The Hall–Kier alpha value is -2.27. The predicted molar refractivity (Wildman–Crippen MR) is 83.5 cm³/mol. The van der Waals surface area contributed by atoms with Crippen molar-refractivity contribution in [3.05, 3.63) is 59.4 Å². The maximum Gasteiger partial charge on any atom is 0.168 e. The zero-order valence-corrected chi connectivity index (χ0v) is 12.5. The monoisotopic (exact) mass is 297 g/mol. The molecule has 0 spiro atoms. The van der Waals surface area contributed by atoms with Gasteiger partial charge in [0.1, 0.15) is 5.01 Å². The minimum absolute atomic E-state index is 0.0942. The number of benzene rings is 1. The summed E-state index contributed by atoms with van der Waals surface area (Å²) in [6, 6.07) is 9.32. The van der Waals surface area contributed by atoms with E-state index in [9.17, 15) is 4.79 Å². The van der Waals surface area contributed by atoms with E-state index >= 15 is 0 Å². The van der Waals surface area contributed by atoms with Crippen molar-refractivity contribution in [2.24, 2.45) is 0 Å². The molecule has 0 bridgehead atoms. The van der Waals surface area contributed by atoms with Crippen LogP contribution >= 0.6 is 11.3 Å². The molecule has 3 aromatic rings. The van der Waals surface area contributed by atoms with Gasteiger partial charge in [-0.2, -0.15) is 5.10 Å². The van der Waals surface area contributed by atoms with Gasteiger partial charge < -0.3 is 0 Å². The lowest BCUT2D eigenvalue weighted by Gasteiger charge is -1.97. The summed E-state index contributed by atoms with van der Waals surface area (Å²) in [4.78, 5) is 16.7. The molecule has 0 aliphatic carbocycles. The van der Waals surface area contributed by atoms with Gasteiger partial charge in [-0.1, -0.05) is 30.3 Å². The van der Waals surface area contributed by atoms with Crippen molar-refractivity contribution in [1.29, 1.82) is 0 Å². The normalized spacial score (nSPS) is 10.7. The summed E-state index contributed by atoms with van der Waals surface area (Å²) in [5, 5.41) is 7.10. The number of carbonyl (C=O) groups excluding carboxylic acids is 1. The van der Waals surface area contributed by atoms with Crippen LogP contribution in [0.1, 0.15) is 23.0 Å². The Morgan fingerprint density at radius 3 is 2.81 bits per heavy atom. The number of hydrogen-bond donors (Lipinski definition) is 0. The quantitative estimate of drug-likeness (QED) is 0.678. The van der Waals surface area contributed by atoms with E-state index in [1.807, 2.05) is 59.7 Å². The van der Waals surface area contributed by atoms with Gasteiger partial charge in [0.25, 0.3) is 0 Å². The lowest BCUT2D eigenvalue weighted by Crippen LogP contribution is -2.03. The predicted octanol–water partition coefficient (Wildman–Crippen LogP) is 3.45. The Bertz CT molecular complexity index is 746. The maximum atomic E-state index is 12.2. The molecular formula is C16H15N3OS. The second-order valence-corrected chi connectivity index (χ2v) is 5.55. The molecule has 1 aromatic carbocycles. The molecule has 0 aliphatic rings. The number of aryl methyl sites for hydroxylation is 1. The molecule has 0 unspecified atom stereocenters. The van der Waals surface area contributed by atoms with E-state index in [0.717, 1.165) is 28.4 Å². The first-order valence-corrected chi connectivity index (χ1v) is 7.69. The number of ketones is 1. The summed E-state index contributed by atoms with van der Waals surface area (Å²) < 4.78 is 1.87. The fraction of sp³-hybridized carbons (Fsp3) is 0.188. The van der Waals surface area contributed by atoms with Crippen molar-refractivity contribution in [3.63, 3.8) is 0 Å². The first-order valence-electron chi connectivity index (χ1n) is 6.81. The topological polar surface area (TPSA) is 47.8 Å². The minimum Gasteiger partial charge on any atom is -0.294 e. The van der Waals surface area contributed by atoms with Crippen LogP contribution in [0.2, 0.25) is 0 Å². The zero-order valence-electron chi connectivity index (χ0n) is 11.7. The van der Waals surface area contributed by atoms with Crippen LogP contribution in [-0.4, -0.2) is 20.5 Å². The summed E-state index contributed by atoms with van der Waals surface area (Å²) >= 11 is 1.55. The number of rotatable bonds is 5. The number of hydrogen-bond acceptors (Lipinski definition) is 4. The number of Topliss-reactive ketones (excluding diaryl/α,β-unsaturated/α-hetero) is 1. The second kappa shape index (κ2) is 6.01. The highest BCUT2D eigenvalue weighted by Gasteiger charge is 2.11. The molecule has 5 heteroatoms. The zero-order chi connectivity index (χ0) is 14.7. The average molecular weight is 297 g/mol. The molecule has 0 radical (unpaired) electrons. The minimum atomic E-state index is 0.0942. The van der Waals surface area contributed by atoms with Crippen molar-refractivity contribution in [3.8, 4) is 10.6 Å². The van der Waals surface area contributed by atoms with Crippen LogP contribution < -0.4 is 0 Å². The molecule has 0 saturated carbocycles. The van der Waals surface area contributed by atoms with Crippen LogP contribution in [0.3, 0.4) is 0 Å². The standard InChI is InChI=1S/C16H15N3OS/c1-2-19-10-13(9-17-19)16-18-14(11-21-16)8-15(20)12-6-4-3-5-7-12/h3-7,9-11H,2,8H2,1H3. The molecule has 3 rings (SSSR count). The average Bonchev–Trinajstić information content (AvgIpc) is 3.16. The number of carbonyl (C=O) groups is 1. The first kappa shape index (κ1) is 13.7. The van der Waals surface area contributed by atoms with Gasteiger partial charge in [-0.05, 0) is 6.92 Å². The molecular weight excluding hydrogens is 282 g/mol. The molecule has 0 aliphatic heterocycles. The summed E-state index contributed by atoms with van der Waals surface area (Å²) in [5.41, 5.74) is 2.54. The Labute approximate surface area is 127 Å². The third-order valence-electron chi connectivity index (χ3n) is 3.19. The largest absolute Gasteiger partial charge is 0.294 e. The third-order valence-corrected chi connectivity index (χ3v) is 4.13. The van der Waals surface area contributed by atoms with Crippen LogP contribution in [-0.2, 0) is 13.0 Å². The SMILES string of the molecule is CCn1cc(-c2nc(CC(=O)c3ccccc3)cs2)cn1. The van der Waals surface area contributed by atoms with E-state index in [2.05, 4.69) is 10.1 Å². The van der Waals surface area contributed by atoms with Crippen LogP contribution in [0.15, 0.2) is 48.1 Å². The van der Waals surface area contributed by atoms with Crippen molar-refractivity contribution in [1.82, 2.24) is 14.8 Å². The van der Waals surface area contributed by atoms with Gasteiger partial charge in [-0.15, -0.1) is 11.3 Å². The molecule has 0 atom stereocenters. The summed E-state index contributed by atoms with van der Waals surface area (Å²) in [6.45, 7) is 2.88. The molecule has 2 aromatic heterocycles. The van der Waals surface area contributed by atoms with Crippen molar-refractivity contribution in [2.75, 3.05) is 0 Å². The molecule has 4 nitrogen and oxygen atoms in total. The van der Waals surface area contributed by atoms with Crippen molar-refractivity contribution in [2.45, 2.75) is 19.9 Å². The Morgan fingerprint density at radius 2 is 2.10 bits per heavy atom.